The molecule has 1 aromatic heterocycles. The van der Waals surface area contributed by atoms with Crippen LogP contribution in [0.2, 0.25) is 0 Å². The molecule has 1 amide bonds. The first-order valence-electron chi connectivity index (χ1n) is 10.4. The minimum Gasteiger partial charge on any atom is -0.337 e. The molecule has 1 saturated carbocycles. The first-order chi connectivity index (χ1) is 13.3. The summed E-state index contributed by atoms with van der Waals surface area (Å²) in [6.45, 7) is 4.25. The van der Waals surface area contributed by atoms with Crippen LogP contribution in [0.25, 0.3) is 5.69 Å². The molecule has 4 heterocycles. The predicted molar refractivity (Wildman–Crippen MR) is 105 cm³/mol. The van der Waals surface area contributed by atoms with Gasteiger partial charge < -0.3 is 9.47 Å². The number of carbonyl (C=O) groups is 1. The van der Waals surface area contributed by atoms with Gasteiger partial charge in [0.05, 0.1) is 6.33 Å². The molecule has 142 valence electrons. The molecule has 3 saturated heterocycles. The van der Waals surface area contributed by atoms with Gasteiger partial charge in [0.25, 0.3) is 5.91 Å². The summed E-state index contributed by atoms with van der Waals surface area (Å²) in [5.41, 5.74) is 1.83. The fourth-order valence-corrected chi connectivity index (χ4v) is 4.95. The minimum atomic E-state index is 0.189. The number of carbonyl (C=O) groups excluding carboxylic acids is 1. The Morgan fingerprint density at radius 1 is 1.04 bits per heavy atom. The maximum atomic E-state index is 13.2. The summed E-state index contributed by atoms with van der Waals surface area (Å²) in [5.74, 6) is 1.73. The van der Waals surface area contributed by atoms with Crippen LogP contribution in [0.1, 0.15) is 42.5 Å². The Bertz CT molecular complexity index is 781. The Hall–Kier alpha value is -2.14. The lowest BCUT2D eigenvalue weighted by Crippen LogP contribution is -2.47. The minimum absolute atomic E-state index is 0.189. The van der Waals surface area contributed by atoms with Gasteiger partial charge in [0.15, 0.2) is 0 Å². The molecule has 1 aromatic carbocycles. The number of benzene rings is 1. The van der Waals surface area contributed by atoms with Crippen molar-refractivity contribution in [1.29, 1.82) is 0 Å². The van der Waals surface area contributed by atoms with Crippen molar-refractivity contribution < 1.29 is 4.79 Å². The molecular formula is C22H28N4O. The van der Waals surface area contributed by atoms with Gasteiger partial charge in [-0.05, 0) is 61.8 Å². The van der Waals surface area contributed by atoms with Crippen molar-refractivity contribution in [3.63, 3.8) is 0 Å². The van der Waals surface area contributed by atoms with Gasteiger partial charge in [-0.1, -0.05) is 6.42 Å². The smallest absolute Gasteiger partial charge is 0.253 e. The molecule has 3 aliphatic heterocycles. The van der Waals surface area contributed by atoms with Crippen LogP contribution in [-0.2, 0) is 0 Å². The van der Waals surface area contributed by atoms with Crippen LogP contribution >= 0.6 is 0 Å². The average molecular weight is 364 g/mol. The largest absolute Gasteiger partial charge is 0.337 e. The summed E-state index contributed by atoms with van der Waals surface area (Å²) < 4.78 is 1.96. The summed E-state index contributed by atoms with van der Waals surface area (Å²) in [6.07, 6.45) is 12.2. The Kier molecular flexibility index (Phi) is 4.48. The number of fused-ring (bicyclic) bond motifs is 4. The van der Waals surface area contributed by atoms with Gasteiger partial charge in [0.2, 0.25) is 0 Å². The molecule has 0 radical (unpaired) electrons. The molecule has 2 atom stereocenters. The molecule has 4 aliphatic rings. The number of aromatic nitrogens is 2. The average Bonchev–Trinajstić information content (AvgIpc) is 3.05. The lowest BCUT2D eigenvalue weighted by molar-refractivity contribution is 0.0717. The Morgan fingerprint density at radius 2 is 1.89 bits per heavy atom. The molecule has 5 nitrogen and oxygen atoms in total. The Morgan fingerprint density at radius 3 is 2.59 bits per heavy atom. The molecule has 5 heteroatoms. The number of piperidine rings is 1. The summed E-state index contributed by atoms with van der Waals surface area (Å²) in [5, 5.41) is 0. The Balaban J connectivity index is 1.29. The van der Waals surface area contributed by atoms with Crippen LogP contribution in [0.5, 0.6) is 0 Å². The maximum absolute atomic E-state index is 13.2. The van der Waals surface area contributed by atoms with E-state index in [0.717, 1.165) is 30.3 Å². The SMILES string of the molecule is O=C(c1ccc(-n2ccnc2)cc1)N1CC2CCC(C1)N(CC1CCC1)C2. The zero-order valence-electron chi connectivity index (χ0n) is 15.8. The molecule has 2 aromatic rings. The quantitative estimate of drug-likeness (QED) is 0.837. The molecule has 4 fully saturated rings. The van der Waals surface area contributed by atoms with Crippen LogP contribution in [0.15, 0.2) is 43.0 Å². The standard InChI is InChI=1S/C22H28N4O/c27-22(19-5-8-20(9-6-19)24-11-10-23-16-24)26-14-18-4-7-21(15-26)25(13-18)12-17-2-1-3-17/h5-6,8-11,16-18,21H,1-4,7,12-15H2. The maximum Gasteiger partial charge on any atom is 0.253 e. The fraction of sp³-hybridized carbons (Fsp3) is 0.545. The molecule has 6 rings (SSSR count). The number of imidazole rings is 1. The van der Waals surface area contributed by atoms with Gasteiger partial charge in [0.1, 0.15) is 0 Å². The van der Waals surface area contributed by atoms with E-state index in [9.17, 15) is 4.79 Å². The molecule has 0 spiro atoms. The first-order valence-corrected chi connectivity index (χ1v) is 10.4. The van der Waals surface area contributed by atoms with Crippen LogP contribution in [0.3, 0.4) is 0 Å². The van der Waals surface area contributed by atoms with Crippen molar-refractivity contribution in [2.75, 3.05) is 26.2 Å². The summed E-state index contributed by atoms with van der Waals surface area (Å²) in [7, 11) is 0. The molecule has 27 heavy (non-hydrogen) atoms. The van der Waals surface area contributed by atoms with Crippen molar-refractivity contribution in [2.45, 2.75) is 38.1 Å². The lowest BCUT2D eigenvalue weighted by atomic mass is 9.83. The van der Waals surface area contributed by atoms with E-state index in [4.69, 9.17) is 0 Å². The van der Waals surface area contributed by atoms with E-state index >= 15 is 0 Å². The highest BCUT2D eigenvalue weighted by Crippen LogP contribution is 2.33. The second kappa shape index (κ2) is 7.12. The molecule has 0 N–H and O–H groups in total. The second-order valence-corrected chi connectivity index (χ2v) is 8.57. The van der Waals surface area contributed by atoms with Gasteiger partial charge >= 0.3 is 0 Å². The first kappa shape index (κ1) is 17.0. The number of hydrogen-bond acceptors (Lipinski definition) is 3. The van der Waals surface area contributed by atoms with Crippen LogP contribution in [0, 0.1) is 11.8 Å². The number of hydrogen-bond donors (Lipinski definition) is 0. The van der Waals surface area contributed by atoms with E-state index < -0.39 is 0 Å². The Labute approximate surface area is 161 Å². The summed E-state index contributed by atoms with van der Waals surface area (Å²) in [6, 6.07) is 8.47. The third kappa shape index (κ3) is 3.41. The van der Waals surface area contributed by atoms with Crippen LogP contribution in [0.4, 0.5) is 0 Å². The molecule has 1 aliphatic carbocycles. The van der Waals surface area contributed by atoms with Crippen LogP contribution < -0.4 is 0 Å². The van der Waals surface area contributed by atoms with Crippen molar-refractivity contribution >= 4 is 5.91 Å². The molecular weight excluding hydrogens is 336 g/mol. The highest BCUT2D eigenvalue weighted by Gasteiger charge is 2.37. The third-order valence-electron chi connectivity index (χ3n) is 6.75. The zero-order chi connectivity index (χ0) is 18.2. The predicted octanol–water partition coefficient (Wildman–Crippen LogP) is 3.21. The number of rotatable bonds is 4. The van der Waals surface area contributed by atoms with E-state index in [0.29, 0.717) is 12.0 Å². The molecule has 2 bridgehead atoms. The highest BCUT2D eigenvalue weighted by atomic mass is 16.2. The number of nitrogens with zero attached hydrogens (tertiary/aromatic N) is 4. The summed E-state index contributed by atoms with van der Waals surface area (Å²) in [4.78, 5) is 22.1. The van der Waals surface area contributed by atoms with Gasteiger partial charge in [-0.3, -0.25) is 9.69 Å². The van der Waals surface area contributed by atoms with Crippen molar-refractivity contribution in [3.05, 3.63) is 48.5 Å². The van der Waals surface area contributed by atoms with Gasteiger partial charge in [0, 0.05) is 55.9 Å². The lowest BCUT2D eigenvalue weighted by Gasteiger charge is -2.40. The third-order valence-corrected chi connectivity index (χ3v) is 6.75. The van der Waals surface area contributed by atoms with Crippen molar-refractivity contribution in [2.24, 2.45) is 11.8 Å². The van der Waals surface area contributed by atoms with E-state index in [-0.39, 0.29) is 5.91 Å². The van der Waals surface area contributed by atoms with Crippen LogP contribution in [-0.4, -0.2) is 57.5 Å². The summed E-state index contributed by atoms with van der Waals surface area (Å²) >= 11 is 0. The van der Waals surface area contributed by atoms with Gasteiger partial charge in [-0.25, -0.2) is 4.98 Å². The van der Waals surface area contributed by atoms with Gasteiger partial charge in [-0.15, -0.1) is 0 Å². The van der Waals surface area contributed by atoms with Gasteiger partial charge in [-0.2, -0.15) is 0 Å². The topological polar surface area (TPSA) is 41.4 Å². The fourth-order valence-electron chi connectivity index (χ4n) is 4.95. The zero-order valence-corrected chi connectivity index (χ0v) is 15.8. The highest BCUT2D eigenvalue weighted by molar-refractivity contribution is 5.94. The van der Waals surface area contributed by atoms with E-state index in [1.807, 2.05) is 35.0 Å². The van der Waals surface area contributed by atoms with Crippen molar-refractivity contribution in [3.8, 4) is 5.69 Å². The normalized spacial score (nSPS) is 26.0. The van der Waals surface area contributed by atoms with E-state index in [1.54, 1.807) is 12.5 Å². The van der Waals surface area contributed by atoms with Crippen molar-refractivity contribution in [1.82, 2.24) is 19.4 Å². The second-order valence-electron chi connectivity index (χ2n) is 8.57. The van der Waals surface area contributed by atoms with E-state index in [1.165, 1.54) is 45.2 Å². The monoisotopic (exact) mass is 364 g/mol. The number of amides is 1. The molecule has 2 unspecified atom stereocenters. The van der Waals surface area contributed by atoms with E-state index in [2.05, 4.69) is 14.8 Å².